The van der Waals surface area contributed by atoms with Crippen molar-refractivity contribution in [2.75, 3.05) is 26.2 Å². The molecule has 0 unspecified atom stereocenters. The molecule has 2 rings (SSSR count). The third kappa shape index (κ3) is 4.56. The number of piperazine rings is 1. The highest BCUT2D eigenvalue weighted by Gasteiger charge is 2.28. The van der Waals surface area contributed by atoms with Gasteiger partial charge in [-0.05, 0) is 30.9 Å². The van der Waals surface area contributed by atoms with Gasteiger partial charge in [-0.2, -0.15) is 0 Å². The number of halogens is 3. The lowest BCUT2D eigenvalue weighted by atomic mass is 9.93. The van der Waals surface area contributed by atoms with Crippen LogP contribution in [0.5, 0.6) is 0 Å². The molecule has 21 heavy (non-hydrogen) atoms. The number of hydrogen-bond acceptors (Lipinski definition) is 2. The monoisotopic (exact) mass is 334 g/mol. The quantitative estimate of drug-likeness (QED) is 0.887. The van der Waals surface area contributed by atoms with Crippen molar-refractivity contribution in [3.8, 4) is 0 Å². The fourth-order valence-corrected chi connectivity index (χ4v) is 3.15. The van der Waals surface area contributed by atoms with Crippen LogP contribution < -0.4 is 5.32 Å². The zero-order valence-electron chi connectivity index (χ0n) is 13.0. The lowest BCUT2D eigenvalue weighted by Crippen LogP contribution is -2.45. The van der Waals surface area contributed by atoms with Gasteiger partial charge in [-0.1, -0.05) is 31.5 Å². The van der Waals surface area contributed by atoms with Crippen LogP contribution in [0.4, 0.5) is 4.39 Å². The van der Waals surface area contributed by atoms with E-state index >= 15 is 0 Å². The van der Waals surface area contributed by atoms with Gasteiger partial charge in [-0.3, -0.25) is 4.90 Å². The molecule has 120 valence electrons. The molecule has 0 radical (unpaired) electrons. The van der Waals surface area contributed by atoms with E-state index in [1.807, 2.05) is 6.07 Å². The highest BCUT2D eigenvalue weighted by Crippen LogP contribution is 2.35. The van der Waals surface area contributed by atoms with E-state index in [1.54, 1.807) is 13.0 Å². The van der Waals surface area contributed by atoms with E-state index in [0.29, 0.717) is 22.1 Å². The molecule has 5 heteroatoms. The van der Waals surface area contributed by atoms with Crippen LogP contribution in [0.25, 0.3) is 0 Å². The number of nitrogens with zero attached hydrogens (tertiary/aromatic N) is 1. The van der Waals surface area contributed by atoms with Gasteiger partial charge in [0.05, 0.1) is 0 Å². The zero-order valence-corrected chi connectivity index (χ0v) is 14.5. The fourth-order valence-electron chi connectivity index (χ4n) is 2.87. The zero-order chi connectivity index (χ0) is 14.7. The summed E-state index contributed by atoms with van der Waals surface area (Å²) in [4.78, 5) is 2.36. The van der Waals surface area contributed by atoms with Crippen LogP contribution in [0.2, 0.25) is 5.02 Å². The maximum atomic E-state index is 14.6. The Morgan fingerprint density at radius 3 is 2.48 bits per heavy atom. The Bertz CT molecular complexity index is 460. The topological polar surface area (TPSA) is 15.3 Å². The Labute approximate surface area is 138 Å². The number of nitrogens with one attached hydrogen (secondary N) is 1. The van der Waals surface area contributed by atoms with Gasteiger partial charge in [-0.25, -0.2) is 4.39 Å². The molecule has 0 aliphatic carbocycles. The first-order valence-electron chi connectivity index (χ1n) is 7.40. The van der Waals surface area contributed by atoms with Gasteiger partial charge in [0.15, 0.2) is 0 Å². The van der Waals surface area contributed by atoms with Crippen LogP contribution in [0.1, 0.15) is 37.4 Å². The van der Waals surface area contributed by atoms with E-state index in [2.05, 4.69) is 24.1 Å². The number of benzene rings is 1. The van der Waals surface area contributed by atoms with Crippen LogP contribution in [0.15, 0.2) is 12.1 Å². The standard InChI is InChI=1S/C16H24ClFN2.ClH/c1-11(2)10-14(20-8-6-19-7-9-20)15-13(17)5-4-12(3)16(15)18;/h4-5,11,14,19H,6-10H2,1-3H3;1H/t14-;/m1./s1. The molecule has 1 fully saturated rings. The van der Waals surface area contributed by atoms with Gasteiger partial charge in [0.25, 0.3) is 0 Å². The average Bonchev–Trinajstić information content (AvgIpc) is 2.43. The lowest BCUT2D eigenvalue weighted by molar-refractivity contribution is 0.151. The maximum absolute atomic E-state index is 14.6. The van der Waals surface area contributed by atoms with Crippen molar-refractivity contribution in [1.29, 1.82) is 0 Å². The second kappa shape index (κ2) is 8.33. The lowest BCUT2D eigenvalue weighted by Gasteiger charge is -2.36. The highest BCUT2D eigenvalue weighted by atomic mass is 35.5. The third-order valence-electron chi connectivity index (χ3n) is 3.94. The van der Waals surface area contributed by atoms with E-state index in [4.69, 9.17) is 11.6 Å². The van der Waals surface area contributed by atoms with E-state index in [1.165, 1.54) is 0 Å². The first kappa shape index (κ1) is 18.7. The third-order valence-corrected chi connectivity index (χ3v) is 4.27. The smallest absolute Gasteiger partial charge is 0.132 e. The summed E-state index contributed by atoms with van der Waals surface area (Å²) >= 11 is 6.32. The maximum Gasteiger partial charge on any atom is 0.132 e. The van der Waals surface area contributed by atoms with E-state index in [-0.39, 0.29) is 24.3 Å². The molecule has 1 aliphatic rings. The van der Waals surface area contributed by atoms with Crippen molar-refractivity contribution in [3.05, 3.63) is 34.1 Å². The predicted octanol–water partition coefficient (Wildman–Crippen LogP) is 4.20. The molecule has 1 aromatic rings. The van der Waals surface area contributed by atoms with Gasteiger partial charge < -0.3 is 5.32 Å². The summed E-state index contributed by atoms with van der Waals surface area (Å²) in [7, 11) is 0. The van der Waals surface area contributed by atoms with Gasteiger partial charge in [0.2, 0.25) is 0 Å². The molecule has 1 aromatic carbocycles. The number of rotatable bonds is 4. The molecule has 1 N–H and O–H groups in total. The predicted molar refractivity (Wildman–Crippen MR) is 90.0 cm³/mol. The van der Waals surface area contributed by atoms with Crippen molar-refractivity contribution in [1.82, 2.24) is 10.2 Å². The average molecular weight is 335 g/mol. The molecule has 0 aromatic heterocycles. The molecule has 2 nitrogen and oxygen atoms in total. The second-order valence-corrected chi connectivity index (χ2v) is 6.43. The largest absolute Gasteiger partial charge is 0.314 e. The van der Waals surface area contributed by atoms with Crippen molar-refractivity contribution in [2.45, 2.75) is 33.2 Å². The molecule has 0 amide bonds. The molecule has 1 saturated heterocycles. The van der Waals surface area contributed by atoms with Gasteiger partial charge >= 0.3 is 0 Å². The summed E-state index contributed by atoms with van der Waals surface area (Å²) in [6, 6.07) is 3.65. The summed E-state index contributed by atoms with van der Waals surface area (Å²) in [6.45, 7) is 9.97. The van der Waals surface area contributed by atoms with E-state index in [9.17, 15) is 4.39 Å². The molecule has 0 spiro atoms. The van der Waals surface area contributed by atoms with Crippen molar-refractivity contribution >= 4 is 24.0 Å². The van der Waals surface area contributed by atoms with E-state index < -0.39 is 0 Å². The molecule has 0 saturated carbocycles. The normalized spacial score (nSPS) is 17.6. The Morgan fingerprint density at radius 1 is 1.29 bits per heavy atom. The minimum Gasteiger partial charge on any atom is -0.314 e. The summed E-state index contributed by atoms with van der Waals surface area (Å²) < 4.78 is 14.6. The Kier molecular flexibility index (Phi) is 7.41. The summed E-state index contributed by atoms with van der Waals surface area (Å²) in [5.41, 5.74) is 1.36. The van der Waals surface area contributed by atoms with E-state index in [0.717, 1.165) is 32.6 Å². The summed E-state index contributed by atoms with van der Waals surface area (Å²) in [5.74, 6) is 0.368. The van der Waals surface area contributed by atoms with Crippen molar-refractivity contribution in [2.24, 2.45) is 5.92 Å². The number of aryl methyl sites for hydroxylation is 1. The van der Waals surface area contributed by atoms with Crippen LogP contribution in [0, 0.1) is 18.7 Å². The SMILES string of the molecule is Cc1ccc(Cl)c([C@@H](CC(C)C)N2CCNCC2)c1F.Cl. The molecule has 1 atom stereocenters. The van der Waals surface area contributed by atoms with Gasteiger partial charge in [0.1, 0.15) is 5.82 Å². The second-order valence-electron chi connectivity index (χ2n) is 6.02. The Hall–Kier alpha value is -0.350. The molecule has 0 bridgehead atoms. The molecular formula is C16H25Cl2FN2. The first-order valence-corrected chi connectivity index (χ1v) is 7.77. The Morgan fingerprint density at radius 2 is 1.90 bits per heavy atom. The van der Waals surface area contributed by atoms with Crippen molar-refractivity contribution < 1.29 is 4.39 Å². The molecule has 1 heterocycles. The highest BCUT2D eigenvalue weighted by molar-refractivity contribution is 6.31. The van der Waals surface area contributed by atoms with Gasteiger partial charge in [0, 0.05) is 42.8 Å². The summed E-state index contributed by atoms with van der Waals surface area (Å²) in [6.07, 6.45) is 0.931. The summed E-state index contributed by atoms with van der Waals surface area (Å²) in [5, 5.41) is 3.90. The van der Waals surface area contributed by atoms with Crippen molar-refractivity contribution in [3.63, 3.8) is 0 Å². The molecular weight excluding hydrogens is 310 g/mol. The van der Waals surface area contributed by atoms with Crippen LogP contribution >= 0.6 is 24.0 Å². The minimum absolute atomic E-state index is 0. The van der Waals surface area contributed by atoms with Crippen LogP contribution in [-0.4, -0.2) is 31.1 Å². The fraction of sp³-hybridized carbons (Fsp3) is 0.625. The first-order chi connectivity index (χ1) is 9.50. The van der Waals surface area contributed by atoms with Gasteiger partial charge in [-0.15, -0.1) is 12.4 Å². The Balaban J connectivity index is 0.00000220. The minimum atomic E-state index is -0.137. The number of hydrogen-bond donors (Lipinski definition) is 1. The van der Waals surface area contributed by atoms with Crippen LogP contribution in [0.3, 0.4) is 0 Å². The molecule has 1 aliphatic heterocycles. The van der Waals surface area contributed by atoms with Crippen LogP contribution in [-0.2, 0) is 0 Å².